The Bertz CT molecular complexity index is 362. The van der Waals surface area contributed by atoms with Gasteiger partial charge in [0.2, 0.25) is 5.91 Å². The summed E-state index contributed by atoms with van der Waals surface area (Å²) >= 11 is 0. The molecule has 1 aromatic rings. The Morgan fingerprint density at radius 3 is 3.33 bits per heavy atom. The van der Waals surface area contributed by atoms with Gasteiger partial charge in [-0.15, -0.1) is 0 Å². The van der Waals surface area contributed by atoms with Gasteiger partial charge in [0.05, 0.1) is 11.7 Å². The maximum absolute atomic E-state index is 11.4. The van der Waals surface area contributed by atoms with Crippen LogP contribution in [-0.2, 0) is 11.2 Å². The van der Waals surface area contributed by atoms with Crippen molar-refractivity contribution in [3.63, 3.8) is 0 Å². The van der Waals surface area contributed by atoms with Crippen molar-refractivity contribution in [2.75, 3.05) is 0 Å². The molecule has 15 heavy (non-hydrogen) atoms. The molecule has 1 aliphatic rings. The molecule has 1 heterocycles. The molecule has 0 saturated carbocycles. The Kier molecular flexibility index (Phi) is 2.99. The van der Waals surface area contributed by atoms with Crippen molar-refractivity contribution in [2.45, 2.75) is 38.6 Å². The second-order valence-electron chi connectivity index (χ2n) is 3.91. The Morgan fingerprint density at radius 2 is 2.53 bits per heavy atom. The molecular weight excluding hydrogens is 188 g/mol. The van der Waals surface area contributed by atoms with Crippen LogP contribution in [0.25, 0.3) is 0 Å². The number of nitrogens with zero attached hydrogens (tertiary/aromatic N) is 1. The molecule has 0 bridgehead atoms. The van der Waals surface area contributed by atoms with E-state index in [2.05, 4.69) is 16.4 Å². The molecular formula is C12H16N2O. The number of carbonyl (C=O) groups excluding carboxylic acids is 1. The first kappa shape index (κ1) is 10.1. The van der Waals surface area contributed by atoms with Gasteiger partial charge >= 0.3 is 0 Å². The summed E-state index contributed by atoms with van der Waals surface area (Å²) in [5.41, 5.74) is 2.34. The van der Waals surface area contributed by atoms with E-state index in [-0.39, 0.29) is 11.9 Å². The van der Waals surface area contributed by atoms with Crippen LogP contribution in [-0.4, -0.2) is 10.9 Å². The van der Waals surface area contributed by atoms with Gasteiger partial charge in [0, 0.05) is 12.6 Å². The monoisotopic (exact) mass is 204 g/mol. The van der Waals surface area contributed by atoms with Gasteiger partial charge in [0.15, 0.2) is 0 Å². The molecule has 0 fully saturated rings. The van der Waals surface area contributed by atoms with Gasteiger partial charge in [-0.3, -0.25) is 9.78 Å². The average Bonchev–Trinajstić information content (AvgIpc) is 2.29. The number of hydrogen-bond acceptors (Lipinski definition) is 2. The highest BCUT2D eigenvalue weighted by Crippen LogP contribution is 2.27. The Balaban J connectivity index is 2.18. The first-order valence-corrected chi connectivity index (χ1v) is 5.54. The minimum atomic E-state index is 0.110. The van der Waals surface area contributed by atoms with Crippen LogP contribution in [0.4, 0.5) is 0 Å². The zero-order valence-electron chi connectivity index (χ0n) is 8.99. The molecule has 3 nitrogen and oxygen atoms in total. The summed E-state index contributed by atoms with van der Waals surface area (Å²) in [6.07, 6.45) is 5.57. The Hall–Kier alpha value is -1.38. The van der Waals surface area contributed by atoms with Crippen molar-refractivity contribution < 1.29 is 4.79 Å². The van der Waals surface area contributed by atoms with Crippen LogP contribution in [0.1, 0.15) is 43.5 Å². The zero-order valence-corrected chi connectivity index (χ0v) is 8.99. The lowest BCUT2D eigenvalue weighted by Crippen LogP contribution is -2.31. The van der Waals surface area contributed by atoms with Crippen molar-refractivity contribution in [3.8, 4) is 0 Å². The molecule has 0 spiro atoms. The summed E-state index contributed by atoms with van der Waals surface area (Å²) in [6.45, 7) is 1.87. The first-order valence-electron chi connectivity index (χ1n) is 5.54. The maximum Gasteiger partial charge on any atom is 0.220 e. The van der Waals surface area contributed by atoms with Crippen LogP contribution in [0.2, 0.25) is 0 Å². The number of pyridine rings is 1. The van der Waals surface area contributed by atoms with E-state index >= 15 is 0 Å². The third-order valence-corrected chi connectivity index (χ3v) is 2.85. The minimum absolute atomic E-state index is 0.110. The second-order valence-corrected chi connectivity index (χ2v) is 3.91. The highest BCUT2D eigenvalue weighted by molar-refractivity contribution is 5.76. The average molecular weight is 204 g/mol. The van der Waals surface area contributed by atoms with Crippen LogP contribution >= 0.6 is 0 Å². The smallest absolute Gasteiger partial charge is 0.220 e. The number of aryl methyl sites for hydroxylation is 1. The summed E-state index contributed by atoms with van der Waals surface area (Å²) in [7, 11) is 0. The lowest BCUT2D eigenvalue weighted by atomic mass is 9.92. The fourth-order valence-electron chi connectivity index (χ4n) is 2.05. The fraction of sp³-hybridized carbons (Fsp3) is 0.500. The Morgan fingerprint density at radius 1 is 1.67 bits per heavy atom. The minimum Gasteiger partial charge on any atom is -0.348 e. The molecule has 1 N–H and O–H groups in total. The number of hydrogen-bond donors (Lipinski definition) is 1. The molecule has 0 unspecified atom stereocenters. The molecule has 0 aromatic carbocycles. The van der Waals surface area contributed by atoms with Crippen molar-refractivity contribution in [1.82, 2.24) is 10.3 Å². The summed E-state index contributed by atoms with van der Waals surface area (Å²) < 4.78 is 0. The number of carbonyl (C=O) groups is 1. The van der Waals surface area contributed by atoms with E-state index in [0.29, 0.717) is 6.42 Å². The molecule has 2 rings (SSSR count). The van der Waals surface area contributed by atoms with Crippen LogP contribution in [0.15, 0.2) is 18.3 Å². The van der Waals surface area contributed by atoms with E-state index in [1.54, 1.807) is 6.20 Å². The van der Waals surface area contributed by atoms with Crippen molar-refractivity contribution in [1.29, 1.82) is 0 Å². The number of aromatic nitrogens is 1. The molecule has 0 aliphatic heterocycles. The van der Waals surface area contributed by atoms with E-state index in [1.807, 2.05) is 13.0 Å². The highest BCUT2D eigenvalue weighted by Gasteiger charge is 2.21. The standard InChI is InChI=1S/C12H16N2O/c1-2-11(15)14-10-7-3-5-9-6-4-8-13-12(9)10/h4,6,8,10H,2-3,5,7H2,1H3,(H,14,15)/t10-/m0/s1. The zero-order chi connectivity index (χ0) is 10.7. The second kappa shape index (κ2) is 4.43. The Labute approximate surface area is 89.9 Å². The number of nitrogens with one attached hydrogen (secondary N) is 1. The number of fused-ring (bicyclic) bond motifs is 1. The third-order valence-electron chi connectivity index (χ3n) is 2.85. The number of amides is 1. The van der Waals surface area contributed by atoms with Crippen molar-refractivity contribution >= 4 is 5.91 Å². The van der Waals surface area contributed by atoms with Crippen LogP contribution in [0.5, 0.6) is 0 Å². The molecule has 1 aromatic heterocycles. The molecule has 1 atom stereocenters. The van der Waals surface area contributed by atoms with Crippen molar-refractivity contribution in [2.24, 2.45) is 0 Å². The van der Waals surface area contributed by atoms with Gasteiger partial charge in [-0.1, -0.05) is 13.0 Å². The third kappa shape index (κ3) is 2.17. The molecule has 3 heteroatoms. The SMILES string of the molecule is CCC(=O)N[C@H]1CCCc2cccnc21. The van der Waals surface area contributed by atoms with Gasteiger partial charge < -0.3 is 5.32 Å². The first-order chi connectivity index (χ1) is 7.31. The van der Waals surface area contributed by atoms with Gasteiger partial charge in [0.1, 0.15) is 0 Å². The molecule has 0 saturated heterocycles. The van der Waals surface area contributed by atoms with Crippen molar-refractivity contribution in [3.05, 3.63) is 29.6 Å². The molecule has 0 radical (unpaired) electrons. The van der Waals surface area contributed by atoms with E-state index in [9.17, 15) is 4.79 Å². The van der Waals surface area contributed by atoms with Gasteiger partial charge in [0.25, 0.3) is 0 Å². The summed E-state index contributed by atoms with van der Waals surface area (Å²) in [4.78, 5) is 15.7. The summed E-state index contributed by atoms with van der Waals surface area (Å²) in [5, 5.41) is 3.02. The molecule has 80 valence electrons. The van der Waals surface area contributed by atoms with Crippen LogP contribution in [0.3, 0.4) is 0 Å². The van der Waals surface area contributed by atoms with Gasteiger partial charge in [-0.25, -0.2) is 0 Å². The van der Waals surface area contributed by atoms with E-state index in [0.717, 1.165) is 25.0 Å². The van der Waals surface area contributed by atoms with Gasteiger partial charge in [-0.05, 0) is 30.9 Å². The molecule has 1 aliphatic carbocycles. The normalized spacial score (nSPS) is 19.4. The lowest BCUT2D eigenvalue weighted by Gasteiger charge is -2.24. The van der Waals surface area contributed by atoms with E-state index < -0.39 is 0 Å². The predicted molar refractivity (Wildman–Crippen MR) is 58.3 cm³/mol. The maximum atomic E-state index is 11.4. The fourth-order valence-corrected chi connectivity index (χ4v) is 2.05. The lowest BCUT2D eigenvalue weighted by molar-refractivity contribution is -0.121. The van der Waals surface area contributed by atoms with Crippen LogP contribution in [0, 0.1) is 0 Å². The van der Waals surface area contributed by atoms with Crippen LogP contribution < -0.4 is 5.32 Å². The van der Waals surface area contributed by atoms with E-state index in [4.69, 9.17) is 0 Å². The summed E-state index contributed by atoms with van der Waals surface area (Å²) in [6, 6.07) is 4.19. The topological polar surface area (TPSA) is 42.0 Å². The van der Waals surface area contributed by atoms with Gasteiger partial charge in [-0.2, -0.15) is 0 Å². The quantitative estimate of drug-likeness (QED) is 0.800. The molecule has 1 amide bonds. The largest absolute Gasteiger partial charge is 0.348 e. The van der Waals surface area contributed by atoms with E-state index in [1.165, 1.54) is 5.56 Å². The number of rotatable bonds is 2. The predicted octanol–water partition coefficient (Wildman–Crippen LogP) is 1.99. The summed E-state index contributed by atoms with van der Waals surface area (Å²) in [5.74, 6) is 0.110. The highest BCUT2D eigenvalue weighted by atomic mass is 16.1.